The van der Waals surface area contributed by atoms with Crippen LogP contribution >= 0.6 is 0 Å². The van der Waals surface area contributed by atoms with Gasteiger partial charge >= 0.3 is 23.9 Å². The summed E-state index contributed by atoms with van der Waals surface area (Å²) in [5.74, 6) is -3.80. The molecule has 14 heteroatoms. The third-order valence-corrected chi connectivity index (χ3v) is 13.3. The largest absolute Gasteiger partial charge is 0.458 e. The van der Waals surface area contributed by atoms with Gasteiger partial charge in [0.05, 0.1) is 18.1 Å². The minimum Gasteiger partial charge on any atom is -0.458 e. The molecular formula is C39H56O14. The fourth-order valence-electron chi connectivity index (χ4n) is 10.0. The van der Waals surface area contributed by atoms with Crippen LogP contribution in [0.2, 0.25) is 0 Å². The average Bonchev–Trinajstić information content (AvgIpc) is 3.28. The Balaban J connectivity index is 1.45. The van der Waals surface area contributed by atoms with Gasteiger partial charge in [0.2, 0.25) is 0 Å². The van der Waals surface area contributed by atoms with Crippen LogP contribution in [0, 0.1) is 22.7 Å². The number of carbonyl (C=O) groups is 5. The minimum atomic E-state index is -2.06. The lowest BCUT2D eigenvalue weighted by Gasteiger charge is -2.67. The molecule has 3 N–H and O–H groups in total. The first-order valence-electron chi connectivity index (χ1n) is 18.6. The van der Waals surface area contributed by atoms with Crippen molar-refractivity contribution in [2.75, 3.05) is 6.61 Å². The van der Waals surface area contributed by atoms with Crippen LogP contribution in [-0.2, 0) is 52.4 Å². The van der Waals surface area contributed by atoms with E-state index in [0.29, 0.717) is 19.3 Å². The second-order valence-electron chi connectivity index (χ2n) is 16.5. The number of allylic oxidation sites excluding steroid dienone is 1. The van der Waals surface area contributed by atoms with Gasteiger partial charge in [-0.3, -0.25) is 19.2 Å². The maximum absolute atomic E-state index is 13.4. The van der Waals surface area contributed by atoms with Crippen molar-refractivity contribution in [3.8, 4) is 0 Å². The lowest BCUT2D eigenvalue weighted by Crippen LogP contribution is -2.78. The Morgan fingerprint density at radius 2 is 1.49 bits per heavy atom. The van der Waals surface area contributed by atoms with Crippen LogP contribution in [0.4, 0.5) is 0 Å². The second-order valence-corrected chi connectivity index (χ2v) is 16.5. The monoisotopic (exact) mass is 748 g/mol. The molecule has 4 fully saturated rings. The molecule has 0 aromatic heterocycles. The summed E-state index contributed by atoms with van der Waals surface area (Å²) in [7, 11) is 0. The Bertz CT molecular complexity index is 1570. The molecule has 0 bridgehead atoms. The smallest absolute Gasteiger partial charge is 0.330 e. The molecule has 0 aromatic rings. The number of aliphatic hydroxyl groups is 3. The molecule has 53 heavy (non-hydrogen) atoms. The van der Waals surface area contributed by atoms with Crippen LogP contribution in [0.5, 0.6) is 0 Å². The van der Waals surface area contributed by atoms with Crippen molar-refractivity contribution in [2.24, 2.45) is 22.7 Å². The Labute approximate surface area is 310 Å². The standard InChI is InChI=1S/C39H56O14/c1-20(2)21(3)16-31(44)53-30-18-29-35(8)12-11-27(52-34-33(51-25(7)43)32(50-24(6)42)28(19-48-34)49-23(5)41)17-26(35)10-13-38(29,46)39(47)15-14-37(45,22(4)40)36(30,39)9/h10,16,20,27-30,32-34,45-47H,11-15,17-19H2,1-9H3/b21-16+/t27-,28-,29+,30+,32+,33-,34+,35-,36+,37+,38-,39+/m0/s1. The number of ketones is 1. The van der Waals surface area contributed by atoms with Crippen molar-refractivity contribution in [1.29, 1.82) is 0 Å². The number of fused-ring (bicyclic) bond motifs is 5. The molecule has 3 saturated carbocycles. The van der Waals surface area contributed by atoms with Crippen LogP contribution in [0.15, 0.2) is 23.3 Å². The van der Waals surface area contributed by atoms with Crippen LogP contribution in [0.3, 0.4) is 0 Å². The van der Waals surface area contributed by atoms with Gasteiger partial charge in [0.1, 0.15) is 22.9 Å². The van der Waals surface area contributed by atoms with Crippen molar-refractivity contribution < 1.29 is 67.7 Å². The molecule has 12 atom stereocenters. The van der Waals surface area contributed by atoms with Crippen LogP contribution in [0.25, 0.3) is 0 Å². The van der Waals surface area contributed by atoms with Gasteiger partial charge in [-0.2, -0.15) is 0 Å². The highest BCUT2D eigenvalue weighted by Crippen LogP contribution is 2.71. The maximum Gasteiger partial charge on any atom is 0.330 e. The van der Waals surface area contributed by atoms with Gasteiger partial charge in [0, 0.05) is 32.8 Å². The number of Topliss-reactive ketones (excluding diaryl/α,β-unsaturated/α-hetero) is 1. The zero-order valence-electron chi connectivity index (χ0n) is 32.3. The third-order valence-electron chi connectivity index (χ3n) is 13.3. The molecule has 0 amide bonds. The van der Waals surface area contributed by atoms with Gasteiger partial charge in [0.15, 0.2) is 30.4 Å². The summed E-state index contributed by atoms with van der Waals surface area (Å²) in [6.45, 7) is 13.9. The SMILES string of the molecule is CC(=O)O[C@@H]1[C@@H](O[C@H]2CC[C@@]3(C)C(=CC[C@]4(O)[C@@H]3C[C@@H](OC(=O)/C=C(\C)C(C)C)[C@@]3(C)[C@]4(O)CC[C@@]3(O)C(C)=O)C2)OC[C@H](OC(C)=O)[C@H]1OC(C)=O. The molecule has 0 spiro atoms. The number of rotatable bonds is 9. The first-order chi connectivity index (χ1) is 24.5. The highest BCUT2D eigenvalue weighted by atomic mass is 16.7. The summed E-state index contributed by atoms with van der Waals surface area (Å²) in [5.41, 5.74) is -6.57. The molecule has 0 unspecified atom stereocenters. The van der Waals surface area contributed by atoms with E-state index in [0.717, 1.165) is 11.1 Å². The fourth-order valence-corrected chi connectivity index (χ4v) is 10.0. The lowest BCUT2D eigenvalue weighted by molar-refractivity contribution is -0.316. The Hall–Kier alpha value is -3.17. The van der Waals surface area contributed by atoms with E-state index in [1.54, 1.807) is 6.92 Å². The van der Waals surface area contributed by atoms with E-state index in [2.05, 4.69) is 0 Å². The van der Waals surface area contributed by atoms with Gasteiger partial charge in [-0.1, -0.05) is 38.0 Å². The number of ether oxygens (including phenoxy) is 6. The molecule has 1 aliphatic heterocycles. The molecule has 14 nitrogen and oxygen atoms in total. The highest BCUT2D eigenvalue weighted by molar-refractivity contribution is 5.87. The highest BCUT2D eigenvalue weighted by Gasteiger charge is 2.81. The Kier molecular flexibility index (Phi) is 11.2. The van der Waals surface area contributed by atoms with Gasteiger partial charge in [-0.25, -0.2) is 4.79 Å². The zero-order chi connectivity index (χ0) is 39.5. The molecular weight excluding hydrogens is 692 g/mol. The van der Waals surface area contributed by atoms with Crippen LogP contribution < -0.4 is 0 Å². The van der Waals surface area contributed by atoms with Gasteiger partial charge in [0.25, 0.3) is 0 Å². The summed E-state index contributed by atoms with van der Waals surface area (Å²) in [5, 5.41) is 37.5. The average molecular weight is 749 g/mol. The summed E-state index contributed by atoms with van der Waals surface area (Å²) in [6.07, 6.45) is -1.80. The number of carbonyl (C=O) groups excluding carboxylic acids is 5. The van der Waals surface area contributed by atoms with E-state index < -0.39 is 100 Å². The first kappa shape index (κ1) is 41.0. The Morgan fingerprint density at radius 3 is 2.08 bits per heavy atom. The van der Waals surface area contributed by atoms with Crippen molar-refractivity contribution in [3.63, 3.8) is 0 Å². The van der Waals surface area contributed by atoms with Gasteiger partial charge in [-0.15, -0.1) is 0 Å². The first-order valence-corrected chi connectivity index (χ1v) is 18.6. The van der Waals surface area contributed by atoms with E-state index in [-0.39, 0.29) is 38.2 Å². The number of esters is 4. The summed E-state index contributed by atoms with van der Waals surface area (Å²) in [6, 6.07) is 0. The van der Waals surface area contributed by atoms with E-state index in [1.807, 2.05) is 33.8 Å². The van der Waals surface area contributed by atoms with Crippen molar-refractivity contribution in [3.05, 3.63) is 23.3 Å². The minimum absolute atomic E-state index is 0.0109. The topological polar surface area (TPSA) is 201 Å². The summed E-state index contributed by atoms with van der Waals surface area (Å²) < 4.78 is 34.8. The van der Waals surface area contributed by atoms with Gasteiger partial charge < -0.3 is 43.7 Å². The predicted molar refractivity (Wildman–Crippen MR) is 185 cm³/mol. The van der Waals surface area contributed by atoms with E-state index >= 15 is 0 Å². The predicted octanol–water partition coefficient (Wildman–Crippen LogP) is 3.16. The number of hydrogen-bond acceptors (Lipinski definition) is 14. The molecule has 0 aromatic carbocycles. The van der Waals surface area contributed by atoms with Crippen molar-refractivity contribution in [1.82, 2.24) is 0 Å². The molecule has 5 rings (SSSR count). The fraction of sp³-hybridized carbons (Fsp3) is 0.769. The van der Waals surface area contributed by atoms with E-state index in [4.69, 9.17) is 28.4 Å². The quantitative estimate of drug-likeness (QED) is 0.134. The summed E-state index contributed by atoms with van der Waals surface area (Å²) >= 11 is 0. The molecule has 1 heterocycles. The van der Waals surface area contributed by atoms with Crippen LogP contribution in [0.1, 0.15) is 107 Å². The Morgan fingerprint density at radius 1 is 0.868 bits per heavy atom. The maximum atomic E-state index is 13.4. The molecule has 4 aliphatic carbocycles. The van der Waals surface area contributed by atoms with E-state index in [1.165, 1.54) is 33.8 Å². The third kappa shape index (κ3) is 6.76. The van der Waals surface area contributed by atoms with Crippen LogP contribution in [-0.4, -0.2) is 105 Å². The second kappa shape index (κ2) is 14.5. The van der Waals surface area contributed by atoms with Crippen molar-refractivity contribution >= 4 is 29.7 Å². The molecule has 0 radical (unpaired) electrons. The lowest BCUT2D eigenvalue weighted by atomic mass is 9.42. The normalized spacial score (nSPS) is 42.3. The molecule has 1 saturated heterocycles. The molecule has 5 aliphatic rings. The molecule has 296 valence electrons. The van der Waals surface area contributed by atoms with Gasteiger partial charge in [-0.05, 0) is 77.0 Å². The summed E-state index contributed by atoms with van der Waals surface area (Å²) in [4.78, 5) is 62.6. The van der Waals surface area contributed by atoms with Crippen molar-refractivity contribution in [2.45, 2.75) is 161 Å². The van der Waals surface area contributed by atoms with E-state index in [9.17, 15) is 39.3 Å². The number of hydrogen-bond donors (Lipinski definition) is 3. The zero-order valence-corrected chi connectivity index (χ0v) is 32.3.